The van der Waals surface area contributed by atoms with E-state index in [-0.39, 0.29) is 19.2 Å². The van der Waals surface area contributed by atoms with Gasteiger partial charge in [0.1, 0.15) is 5.82 Å². The van der Waals surface area contributed by atoms with Crippen LogP contribution in [0.3, 0.4) is 0 Å². The van der Waals surface area contributed by atoms with Crippen LogP contribution in [0.2, 0.25) is 0 Å². The van der Waals surface area contributed by atoms with Gasteiger partial charge >= 0.3 is 24.5 Å². The van der Waals surface area contributed by atoms with Gasteiger partial charge in [0.2, 0.25) is 0 Å². The van der Waals surface area contributed by atoms with E-state index in [1.807, 2.05) is 5.32 Å². The number of rotatable bonds is 3. The zero-order valence-electron chi connectivity index (χ0n) is 17.4. The zero-order chi connectivity index (χ0) is 25.4. The van der Waals surface area contributed by atoms with Crippen LogP contribution in [-0.4, -0.2) is 41.3 Å². The molecule has 3 amide bonds. The molecule has 2 aromatic carbocycles. The van der Waals surface area contributed by atoms with E-state index in [9.17, 15) is 45.4 Å². The van der Waals surface area contributed by atoms with Gasteiger partial charge in [-0.1, -0.05) is 6.07 Å². The Bertz CT molecular complexity index is 1070. The molecule has 1 aliphatic rings. The van der Waals surface area contributed by atoms with E-state index in [1.54, 1.807) is 6.92 Å². The van der Waals surface area contributed by atoms with Crippen molar-refractivity contribution in [1.29, 1.82) is 0 Å². The standard InChI is InChI=1S/C21H18F7N3O3/c1-10-4-13(22)2-3-15(10)16-8-31(19(33)34)9-17(16)30-18(32)29-14-6-11(20(23,24)25)5-12(7-14)21(26,27)28/h2-7,16-17H,8-9H2,1H3,(H,33,34)(H2,29,30,32)/t16-,17+/m0/s1. The van der Waals surface area contributed by atoms with Gasteiger partial charge < -0.3 is 20.6 Å². The van der Waals surface area contributed by atoms with Crippen LogP contribution in [0.15, 0.2) is 36.4 Å². The van der Waals surface area contributed by atoms with E-state index >= 15 is 0 Å². The third-order valence-electron chi connectivity index (χ3n) is 5.38. The van der Waals surface area contributed by atoms with Gasteiger partial charge in [0, 0.05) is 24.7 Å². The minimum Gasteiger partial charge on any atom is -0.465 e. The largest absolute Gasteiger partial charge is 0.465 e. The molecule has 13 heteroatoms. The number of carboxylic acid groups (broad SMARTS) is 1. The molecule has 0 aromatic heterocycles. The summed E-state index contributed by atoms with van der Waals surface area (Å²) in [7, 11) is 0. The van der Waals surface area contributed by atoms with Gasteiger partial charge in [0.05, 0.1) is 17.2 Å². The van der Waals surface area contributed by atoms with Crippen molar-refractivity contribution in [2.45, 2.75) is 31.2 Å². The van der Waals surface area contributed by atoms with Crippen LogP contribution < -0.4 is 10.6 Å². The summed E-state index contributed by atoms with van der Waals surface area (Å²) in [5.74, 6) is -1.16. The number of halogens is 7. The van der Waals surface area contributed by atoms with Crippen LogP contribution in [0, 0.1) is 12.7 Å². The Kier molecular flexibility index (Phi) is 6.67. The first-order chi connectivity index (χ1) is 15.6. The first kappa shape index (κ1) is 25.1. The average Bonchev–Trinajstić information content (AvgIpc) is 3.10. The summed E-state index contributed by atoms with van der Waals surface area (Å²) in [6, 6.07) is 2.43. The Morgan fingerprint density at radius 2 is 1.56 bits per heavy atom. The molecule has 0 bridgehead atoms. The van der Waals surface area contributed by atoms with Gasteiger partial charge in [-0.15, -0.1) is 0 Å². The van der Waals surface area contributed by atoms with Gasteiger partial charge in [0.25, 0.3) is 0 Å². The van der Waals surface area contributed by atoms with Crippen LogP contribution in [0.1, 0.15) is 28.2 Å². The number of anilines is 1. The molecule has 0 aliphatic carbocycles. The van der Waals surface area contributed by atoms with Crippen molar-refractivity contribution in [2.24, 2.45) is 0 Å². The quantitative estimate of drug-likeness (QED) is 0.499. The first-order valence-corrected chi connectivity index (χ1v) is 9.76. The lowest BCUT2D eigenvalue weighted by Gasteiger charge is -2.22. The molecule has 1 aliphatic heterocycles. The maximum Gasteiger partial charge on any atom is 0.416 e. The molecule has 184 valence electrons. The van der Waals surface area contributed by atoms with E-state index < -0.39 is 59.1 Å². The highest BCUT2D eigenvalue weighted by molar-refractivity contribution is 5.90. The summed E-state index contributed by atoms with van der Waals surface area (Å²) in [6.45, 7) is 1.33. The van der Waals surface area contributed by atoms with Crippen molar-refractivity contribution in [3.05, 3.63) is 64.5 Å². The van der Waals surface area contributed by atoms with E-state index in [4.69, 9.17) is 0 Å². The molecule has 2 atom stereocenters. The SMILES string of the molecule is Cc1cc(F)ccc1[C@@H]1CN(C(=O)O)C[C@H]1NC(=O)Nc1cc(C(F)(F)F)cc(C(F)(F)F)c1. The van der Waals surface area contributed by atoms with Crippen molar-refractivity contribution in [3.63, 3.8) is 0 Å². The molecule has 0 saturated carbocycles. The maximum absolute atomic E-state index is 13.5. The summed E-state index contributed by atoms with van der Waals surface area (Å²) < 4.78 is 91.7. The summed E-state index contributed by atoms with van der Waals surface area (Å²) >= 11 is 0. The lowest BCUT2D eigenvalue weighted by Crippen LogP contribution is -2.42. The third-order valence-corrected chi connectivity index (χ3v) is 5.38. The molecular weight excluding hydrogens is 475 g/mol. The van der Waals surface area contributed by atoms with Crippen molar-refractivity contribution < 1.29 is 45.4 Å². The number of hydrogen-bond donors (Lipinski definition) is 3. The minimum absolute atomic E-state index is 0.0610. The van der Waals surface area contributed by atoms with Crippen LogP contribution in [0.5, 0.6) is 0 Å². The van der Waals surface area contributed by atoms with Gasteiger partial charge in [-0.2, -0.15) is 26.3 Å². The molecule has 2 aromatic rings. The molecule has 6 nitrogen and oxygen atoms in total. The van der Waals surface area contributed by atoms with Gasteiger partial charge in [-0.25, -0.2) is 14.0 Å². The van der Waals surface area contributed by atoms with E-state index in [2.05, 4.69) is 5.32 Å². The minimum atomic E-state index is -5.09. The monoisotopic (exact) mass is 493 g/mol. The van der Waals surface area contributed by atoms with Crippen LogP contribution in [0.4, 0.5) is 46.0 Å². The Labute approximate surface area is 188 Å². The number of hydrogen-bond acceptors (Lipinski definition) is 2. The Morgan fingerprint density at radius 1 is 0.971 bits per heavy atom. The number of urea groups is 1. The fourth-order valence-electron chi connectivity index (χ4n) is 3.84. The molecule has 3 N–H and O–H groups in total. The Morgan fingerprint density at radius 3 is 2.06 bits per heavy atom. The van der Waals surface area contributed by atoms with E-state index in [1.165, 1.54) is 12.1 Å². The molecule has 0 spiro atoms. The lowest BCUT2D eigenvalue weighted by atomic mass is 9.91. The number of aryl methyl sites for hydroxylation is 1. The molecule has 0 unspecified atom stereocenters. The number of nitrogens with one attached hydrogen (secondary N) is 2. The van der Waals surface area contributed by atoms with E-state index in [0.29, 0.717) is 23.3 Å². The fraction of sp³-hybridized carbons (Fsp3) is 0.333. The van der Waals surface area contributed by atoms with Gasteiger partial charge in [-0.3, -0.25) is 0 Å². The Balaban J connectivity index is 1.85. The van der Waals surface area contributed by atoms with Crippen LogP contribution in [0.25, 0.3) is 0 Å². The molecular formula is C21H18F7N3O3. The van der Waals surface area contributed by atoms with Gasteiger partial charge in [0.15, 0.2) is 0 Å². The molecule has 34 heavy (non-hydrogen) atoms. The van der Waals surface area contributed by atoms with Gasteiger partial charge in [-0.05, 0) is 48.4 Å². The normalized spacial score (nSPS) is 18.6. The highest BCUT2D eigenvalue weighted by atomic mass is 19.4. The second kappa shape index (κ2) is 9.03. The lowest BCUT2D eigenvalue weighted by molar-refractivity contribution is -0.143. The van der Waals surface area contributed by atoms with Crippen LogP contribution >= 0.6 is 0 Å². The number of amides is 3. The maximum atomic E-state index is 13.5. The van der Waals surface area contributed by atoms with E-state index in [0.717, 1.165) is 11.0 Å². The number of carbonyl (C=O) groups excluding carboxylic acids is 1. The second-order valence-corrected chi connectivity index (χ2v) is 7.79. The average molecular weight is 493 g/mol. The summed E-state index contributed by atoms with van der Waals surface area (Å²) in [5, 5.41) is 13.7. The van der Waals surface area contributed by atoms with Crippen LogP contribution in [-0.2, 0) is 12.4 Å². The number of carbonyl (C=O) groups is 2. The molecule has 3 rings (SSSR count). The number of likely N-dealkylation sites (tertiary alicyclic amines) is 1. The second-order valence-electron chi connectivity index (χ2n) is 7.79. The summed E-state index contributed by atoms with van der Waals surface area (Å²) in [4.78, 5) is 24.9. The number of nitrogens with zero attached hydrogens (tertiary/aromatic N) is 1. The topological polar surface area (TPSA) is 81.7 Å². The molecule has 1 saturated heterocycles. The molecule has 0 radical (unpaired) electrons. The van der Waals surface area contributed by atoms with Crippen molar-refractivity contribution >= 4 is 17.8 Å². The number of alkyl halides is 6. The zero-order valence-corrected chi connectivity index (χ0v) is 17.4. The summed E-state index contributed by atoms with van der Waals surface area (Å²) in [6.07, 6.45) is -11.5. The fourth-order valence-corrected chi connectivity index (χ4v) is 3.84. The first-order valence-electron chi connectivity index (χ1n) is 9.76. The number of benzene rings is 2. The summed E-state index contributed by atoms with van der Waals surface area (Å²) in [5.41, 5.74) is -2.93. The van der Waals surface area contributed by atoms with Crippen molar-refractivity contribution in [2.75, 3.05) is 18.4 Å². The van der Waals surface area contributed by atoms with Crippen molar-refractivity contribution in [3.8, 4) is 0 Å². The van der Waals surface area contributed by atoms with Crippen molar-refractivity contribution in [1.82, 2.24) is 10.2 Å². The predicted molar refractivity (Wildman–Crippen MR) is 106 cm³/mol. The molecule has 1 fully saturated rings. The highest BCUT2D eigenvalue weighted by Crippen LogP contribution is 2.37. The predicted octanol–water partition coefficient (Wildman–Crippen LogP) is 5.44. The third kappa shape index (κ3) is 5.69. The smallest absolute Gasteiger partial charge is 0.416 e. The highest BCUT2D eigenvalue weighted by Gasteiger charge is 2.39. The Hall–Kier alpha value is -3.51. The molecule has 1 heterocycles.